The predicted molar refractivity (Wildman–Crippen MR) is 155 cm³/mol. The molecule has 5 aromatic rings. The van der Waals surface area contributed by atoms with Crippen molar-refractivity contribution in [2.45, 2.75) is 31.8 Å². The van der Waals surface area contributed by atoms with Crippen molar-refractivity contribution in [2.24, 2.45) is 5.73 Å². The molecule has 0 bridgehead atoms. The second-order valence-electron chi connectivity index (χ2n) is 11.2. The van der Waals surface area contributed by atoms with Crippen LogP contribution >= 0.6 is 0 Å². The van der Waals surface area contributed by atoms with Gasteiger partial charge < -0.3 is 25.6 Å². The van der Waals surface area contributed by atoms with E-state index in [-0.39, 0.29) is 12.4 Å². The highest BCUT2D eigenvalue weighted by Gasteiger charge is 2.27. The lowest BCUT2D eigenvalue weighted by Crippen LogP contribution is -2.47. The quantitative estimate of drug-likeness (QED) is 0.276. The summed E-state index contributed by atoms with van der Waals surface area (Å²) in [5.41, 5.74) is 9.34. The minimum absolute atomic E-state index is 0.0139. The lowest BCUT2D eigenvalue weighted by molar-refractivity contribution is 0.152. The molecule has 1 aromatic carbocycles. The van der Waals surface area contributed by atoms with E-state index < -0.39 is 11.1 Å². The first-order valence-corrected chi connectivity index (χ1v) is 13.5. The van der Waals surface area contributed by atoms with Crippen LogP contribution in [0.15, 0.2) is 61.4 Å². The number of H-pyrrole nitrogens is 1. The number of hydrogen-bond acceptors (Lipinski definition) is 9. The van der Waals surface area contributed by atoms with Crippen LogP contribution in [0.25, 0.3) is 22.3 Å². The molecule has 0 unspecified atom stereocenters. The number of nitrogens with two attached hydrogens (primary N) is 1. The molecule has 6 rings (SSSR count). The molecule has 0 spiro atoms. The van der Waals surface area contributed by atoms with Crippen molar-refractivity contribution in [3.8, 4) is 11.3 Å². The number of piperazine rings is 1. The first-order valence-electron chi connectivity index (χ1n) is 13.5. The maximum Gasteiger partial charge on any atom is 0.225 e. The Labute approximate surface area is 236 Å². The van der Waals surface area contributed by atoms with Crippen LogP contribution in [0.1, 0.15) is 31.9 Å². The van der Waals surface area contributed by atoms with Gasteiger partial charge in [-0.3, -0.25) is 4.68 Å². The predicted octanol–water partition coefficient (Wildman–Crippen LogP) is 3.03. The maximum atomic E-state index is 13.4. The van der Waals surface area contributed by atoms with Crippen LogP contribution in [-0.4, -0.2) is 72.6 Å². The molecular formula is C29H33FN10O. The standard InChI is InChI=1S/C29H33FN10O/c1-28(2,17-41)40-16-19(13-36-40)24-12-23-25(37-24)34-18-35-26(23)38-8-10-39(11-9-38)27-32-14-21(15-33-27)29(3,31)20-4-6-22(30)7-5-20/h4-7,12-16,18,41H,8-11,17,31H2,1-3H3,(H,34,35,37)/t29-/m0/s1. The lowest BCUT2D eigenvalue weighted by Gasteiger charge is -2.35. The van der Waals surface area contributed by atoms with Crippen molar-refractivity contribution in [2.75, 3.05) is 42.6 Å². The number of aliphatic hydroxyl groups is 1. The Bertz CT molecular complexity index is 1650. The van der Waals surface area contributed by atoms with E-state index in [0.29, 0.717) is 5.95 Å². The molecule has 212 valence electrons. The highest BCUT2D eigenvalue weighted by atomic mass is 19.1. The molecule has 11 nitrogen and oxygen atoms in total. The minimum Gasteiger partial charge on any atom is -0.394 e. The molecule has 1 aliphatic heterocycles. The second-order valence-corrected chi connectivity index (χ2v) is 11.2. The zero-order chi connectivity index (χ0) is 28.8. The van der Waals surface area contributed by atoms with Crippen LogP contribution in [0.2, 0.25) is 0 Å². The van der Waals surface area contributed by atoms with E-state index in [9.17, 15) is 9.50 Å². The van der Waals surface area contributed by atoms with Gasteiger partial charge >= 0.3 is 0 Å². The Morgan fingerprint density at radius 1 is 0.927 bits per heavy atom. The Hall–Kier alpha value is -4.42. The number of benzene rings is 1. The van der Waals surface area contributed by atoms with Crippen molar-refractivity contribution < 1.29 is 9.50 Å². The molecule has 4 aromatic heterocycles. The van der Waals surface area contributed by atoms with E-state index in [1.807, 2.05) is 27.0 Å². The molecule has 1 saturated heterocycles. The molecular weight excluding hydrogens is 523 g/mol. The van der Waals surface area contributed by atoms with Crippen molar-refractivity contribution in [1.29, 1.82) is 0 Å². The van der Waals surface area contributed by atoms with Crippen molar-refractivity contribution >= 4 is 22.8 Å². The number of aromatic amines is 1. The van der Waals surface area contributed by atoms with Gasteiger partial charge in [0.05, 0.1) is 35.0 Å². The summed E-state index contributed by atoms with van der Waals surface area (Å²) in [5.74, 6) is 1.21. The number of nitrogens with one attached hydrogen (secondary N) is 1. The van der Waals surface area contributed by atoms with Crippen LogP contribution in [0.5, 0.6) is 0 Å². The molecule has 1 aliphatic rings. The number of aromatic nitrogens is 7. The van der Waals surface area contributed by atoms with E-state index in [0.717, 1.165) is 65.4 Å². The molecule has 4 N–H and O–H groups in total. The normalized spacial score (nSPS) is 15.9. The fraction of sp³-hybridized carbons (Fsp3) is 0.345. The summed E-state index contributed by atoms with van der Waals surface area (Å²) in [5, 5.41) is 15.1. The van der Waals surface area contributed by atoms with Gasteiger partial charge in [-0.2, -0.15) is 5.10 Å². The van der Waals surface area contributed by atoms with E-state index in [2.05, 4.69) is 45.9 Å². The van der Waals surface area contributed by atoms with Gasteiger partial charge in [-0.15, -0.1) is 0 Å². The first-order chi connectivity index (χ1) is 19.7. The van der Waals surface area contributed by atoms with Crippen LogP contribution < -0.4 is 15.5 Å². The topological polar surface area (TPSA) is 138 Å². The average Bonchev–Trinajstić information content (AvgIpc) is 3.66. The van der Waals surface area contributed by atoms with E-state index in [4.69, 9.17) is 5.73 Å². The molecule has 12 heteroatoms. The van der Waals surface area contributed by atoms with Gasteiger partial charge in [0.1, 0.15) is 23.6 Å². The molecule has 0 aliphatic carbocycles. The number of fused-ring (bicyclic) bond motifs is 1. The lowest BCUT2D eigenvalue weighted by atomic mass is 9.87. The van der Waals surface area contributed by atoms with Crippen LogP contribution in [-0.2, 0) is 11.1 Å². The van der Waals surface area contributed by atoms with Gasteiger partial charge in [0.2, 0.25) is 5.95 Å². The Morgan fingerprint density at radius 2 is 1.61 bits per heavy atom. The third-order valence-corrected chi connectivity index (χ3v) is 7.85. The van der Waals surface area contributed by atoms with Gasteiger partial charge in [-0.05, 0) is 44.5 Å². The van der Waals surface area contributed by atoms with E-state index in [1.165, 1.54) is 12.1 Å². The van der Waals surface area contributed by atoms with Gasteiger partial charge in [0, 0.05) is 55.9 Å². The average molecular weight is 557 g/mol. The summed E-state index contributed by atoms with van der Waals surface area (Å²) in [7, 11) is 0. The molecule has 1 fully saturated rings. The number of rotatable bonds is 7. The zero-order valence-corrected chi connectivity index (χ0v) is 23.3. The number of aliphatic hydroxyl groups excluding tert-OH is 1. The minimum atomic E-state index is -0.841. The summed E-state index contributed by atoms with van der Waals surface area (Å²) < 4.78 is 15.1. The summed E-state index contributed by atoms with van der Waals surface area (Å²) in [6.07, 6.45) is 8.78. The molecule has 0 radical (unpaired) electrons. The second kappa shape index (κ2) is 10.2. The molecule has 1 atom stereocenters. The monoisotopic (exact) mass is 556 g/mol. The first kappa shape index (κ1) is 26.8. The maximum absolute atomic E-state index is 13.4. The highest BCUT2D eigenvalue weighted by Crippen LogP contribution is 2.31. The Balaban J connectivity index is 1.16. The van der Waals surface area contributed by atoms with Crippen molar-refractivity contribution in [1.82, 2.24) is 34.7 Å². The highest BCUT2D eigenvalue weighted by molar-refractivity contribution is 5.91. The number of nitrogens with zero attached hydrogens (tertiary/aromatic N) is 8. The fourth-order valence-corrected chi connectivity index (χ4v) is 5.03. The zero-order valence-electron chi connectivity index (χ0n) is 23.3. The molecule has 0 saturated carbocycles. The Morgan fingerprint density at radius 3 is 2.29 bits per heavy atom. The van der Waals surface area contributed by atoms with E-state index >= 15 is 0 Å². The van der Waals surface area contributed by atoms with Gasteiger partial charge in [0.15, 0.2) is 0 Å². The summed E-state index contributed by atoms with van der Waals surface area (Å²) in [6, 6.07) is 8.23. The van der Waals surface area contributed by atoms with Crippen LogP contribution in [0.3, 0.4) is 0 Å². The molecule has 5 heterocycles. The summed E-state index contributed by atoms with van der Waals surface area (Å²) in [6.45, 7) is 8.65. The van der Waals surface area contributed by atoms with E-state index in [1.54, 1.807) is 41.7 Å². The van der Waals surface area contributed by atoms with Crippen LogP contribution in [0.4, 0.5) is 16.2 Å². The molecule has 41 heavy (non-hydrogen) atoms. The van der Waals surface area contributed by atoms with Gasteiger partial charge in [-0.1, -0.05) is 12.1 Å². The third-order valence-electron chi connectivity index (χ3n) is 7.85. The van der Waals surface area contributed by atoms with Gasteiger partial charge in [-0.25, -0.2) is 24.3 Å². The van der Waals surface area contributed by atoms with Crippen molar-refractivity contribution in [3.05, 3.63) is 78.4 Å². The third kappa shape index (κ3) is 5.00. The number of halogens is 1. The number of hydrogen-bond donors (Lipinski definition) is 3. The summed E-state index contributed by atoms with van der Waals surface area (Å²) in [4.78, 5) is 26.1. The molecule has 0 amide bonds. The fourth-order valence-electron chi connectivity index (χ4n) is 5.03. The van der Waals surface area contributed by atoms with Gasteiger partial charge in [0.25, 0.3) is 0 Å². The summed E-state index contributed by atoms with van der Waals surface area (Å²) >= 11 is 0. The Kier molecular flexibility index (Phi) is 6.66. The number of anilines is 2. The van der Waals surface area contributed by atoms with Crippen LogP contribution in [0, 0.1) is 5.82 Å². The largest absolute Gasteiger partial charge is 0.394 e. The SMILES string of the molecule is CC(C)(CO)n1cc(-c2cc3c(N4CCN(c5ncc([C@@](C)(N)c6ccc(F)cc6)cn5)CC4)ncnc3[nH]2)cn1. The smallest absolute Gasteiger partial charge is 0.225 e. The van der Waals surface area contributed by atoms with Crippen molar-refractivity contribution in [3.63, 3.8) is 0 Å².